The van der Waals surface area contributed by atoms with Gasteiger partial charge in [0, 0.05) is 20.1 Å². The lowest BCUT2D eigenvalue weighted by molar-refractivity contribution is -0.137. The van der Waals surface area contributed by atoms with Gasteiger partial charge >= 0.3 is 5.97 Å². The van der Waals surface area contributed by atoms with Crippen LogP contribution in [0.2, 0.25) is 0 Å². The van der Waals surface area contributed by atoms with Crippen molar-refractivity contribution < 1.29 is 23.1 Å². The van der Waals surface area contributed by atoms with Crippen molar-refractivity contribution in [2.24, 2.45) is 0 Å². The van der Waals surface area contributed by atoms with E-state index in [2.05, 4.69) is 4.72 Å². The summed E-state index contributed by atoms with van der Waals surface area (Å²) in [5.74, 6) is -0.289. The van der Waals surface area contributed by atoms with Crippen LogP contribution in [0, 0.1) is 0 Å². The number of methoxy groups -OCH3 is 1. The topological polar surface area (TPSA) is 95.9 Å². The third-order valence-electron chi connectivity index (χ3n) is 2.91. The molecule has 1 rings (SSSR count). The zero-order valence-electron chi connectivity index (χ0n) is 12.1. The molecule has 0 saturated carbocycles. The molecule has 8 heteroatoms. The maximum atomic E-state index is 11.8. The van der Waals surface area contributed by atoms with E-state index in [1.165, 1.54) is 7.05 Å². The summed E-state index contributed by atoms with van der Waals surface area (Å²) in [6.07, 6.45) is 0.311. The lowest BCUT2D eigenvalue weighted by Gasteiger charge is -2.16. The second-order valence-electron chi connectivity index (χ2n) is 4.46. The van der Waals surface area contributed by atoms with Gasteiger partial charge in [0.25, 0.3) is 10.2 Å². The van der Waals surface area contributed by atoms with Crippen LogP contribution in [0.25, 0.3) is 0 Å². The van der Waals surface area contributed by atoms with Gasteiger partial charge in [0.15, 0.2) is 0 Å². The number of nitrogens with one attached hydrogen (secondary N) is 1. The second-order valence-corrected chi connectivity index (χ2v) is 6.32. The summed E-state index contributed by atoms with van der Waals surface area (Å²) >= 11 is 0. The number of nitrogens with zero attached hydrogens (tertiary/aromatic N) is 1. The van der Waals surface area contributed by atoms with Crippen molar-refractivity contribution in [3.63, 3.8) is 0 Å². The SMILES string of the molecule is COc1ccc(CCNS(=O)(=O)N(C)CCC(=O)O)cc1. The van der Waals surface area contributed by atoms with E-state index in [0.29, 0.717) is 6.42 Å². The largest absolute Gasteiger partial charge is 0.497 e. The number of carboxylic acid groups (broad SMARTS) is 1. The zero-order chi connectivity index (χ0) is 15.9. The molecule has 0 unspecified atom stereocenters. The Morgan fingerprint density at radius 2 is 1.95 bits per heavy atom. The van der Waals surface area contributed by atoms with Crippen molar-refractivity contribution in [2.45, 2.75) is 12.8 Å². The average Bonchev–Trinajstić information content (AvgIpc) is 2.45. The summed E-state index contributed by atoms with van der Waals surface area (Å²) in [6, 6.07) is 7.34. The molecule has 0 aliphatic heterocycles. The van der Waals surface area contributed by atoms with Crippen molar-refractivity contribution in [3.05, 3.63) is 29.8 Å². The molecule has 0 fully saturated rings. The quantitative estimate of drug-likeness (QED) is 0.691. The molecule has 0 spiro atoms. The van der Waals surface area contributed by atoms with Crippen LogP contribution in [0.15, 0.2) is 24.3 Å². The molecular formula is C13H20N2O5S. The summed E-state index contributed by atoms with van der Waals surface area (Å²) < 4.78 is 32.1. The van der Waals surface area contributed by atoms with E-state index >= 15 is 0 Å². The monoisotopic (exact) mass is 316 g/mol. The highest BCUT2D eigenvalue weighted by atomic mass is 32.2. The van der Waals surface area contributed by atoms with E-state index in [1.54, 1.807) is 7.11 Å². The predicted octanol–water partition coefficient (Wildman–Crippen LogP) is 0.479. The molecule has 0 heterocycles. The Bertz CT molecular complexity index is 556. The number of hydrogen-bond donors (Lipinski definition) is 2. The van der Waals surface area contributed by atoms with Gasteiger partial charge in [0.2, 0.25) is 0 Å². The Balaban J connectivity index is 2.43. The maximum absolute atomic E-state index is 11.8. The number of aliphatic carboxylic acids is 1. The fourth-order valence-corrected chi connectivity index (χ4v) is 2.51. The van der Waals surface area contributed by atoms with Gasteiger partial charge in [-0.15, -0.1) is 0 Å². The highest BCUT2D eigenvalue weighted by Crippen LogP contribution is 2.11. The highest BCUT2D eigenvalue weighted by Gasteiger charge is 2.17. The summed E-state index contributed by atoms with van der Waals surface area (Å²) in [4.78, 5) is 10.4. The summed E-state index contributed by atoms with van der Waals surface area (Å²) in [5, 5.41) is 8.54. The van der Waals surface area contributed by atoms with Crippen molar-refractivity contribution in [1.29, 1.82) is 0 Å². The number of carbonyl (C=O) groups is 1. The number of ether oxygens (including phenoxy) is 1. The van der Waals surface area contributed by atoms with E-state index in [0.717, 1.165) is 15.6 Å². The minimum atomic E-state index is -3.64. The first kappa shape index (κ1) is 17.4. The molecule has 0 saturated heterocycles. The number of benzene rings is 1. The Morgan fingerprint density at radius 3 is 2.48 bits per heavy atom. The van der Waals surface area contributed by atoms with Crippen LogP contribution in [0.1, 0.15) is 12.0 Å². The van der Waals surface area contributed by atoms with Gasteiger partial charge in [0.1, 0.15) is 5.75 Å². The van der Waals surface area contributed by atoms with Crippen LogP contribution >= 0.6 is 0 Å². The molecule has 21 heavy (non-hydrogen) atoms. The molecule has 1 aromatic rings. The van der Waals surface area contributed by atoms with Crippen LogP contribution in [-0.4, -0.2) is 51.0 Å². The van der Waals surface area contributed by atoms with Gasteiger partial charge in [-0.1, -0.05) is 12.1 Å². The Labute approximate surface area is 124 Å². The molecule has 7 nitrogen and oxygen atoms in total. The van der Waals surface area contributed by atoms with Crippen LogP contribution in [0.5, 0.6) is 5.75 Å². The molecule has 0 aliphatic rings. The number of rotatable bonds is 9. The van der Waals surface area contributed by atoms with Gasteiger partial charge in [-0.2, -0.15) is 12.7 Å². The van der Waals surface area contributed by atoms with Gasteiger partial charge in [0.05, 0.1) is 13.5 Å². The lowest BCUT2D eigenvalue weighted by Crippen LogP contribution is -2.40. The van der Waals surface area contributed by atoms with Gasteiger partial charge in [-0.3, -0.25) is 4.79 Å². The van der Waals surface area contributed by atoms with Crippen LogP contribution in [0.3, 0.4) is 0 Å². The first-order valence-electron chi connectivity index (χ1n) is 6.41. The molecule has 0 aliphatic carbocycles. The van der Waals surface area contributed by atoms with E-state index < -0.39 is 16.2 Å². The zero-order valence-corrected chi connectivity index (χ0v) is 12.9. The van der Waals surface area contributed by atoms with Crippen molar-refractivity contribution in [1.82, 2.24) is 9.03 Å². The third-order valence-corrected chi connectivity index (χ3v) is 4.48. The van der Waals surface area contributed by atoms with Crippen LogP contribution in [0.4, 0.5) is 0 Å². The molecule has 0 aromatic heterocycles. The Morgan fingerprint density at radius 1 is 1.33 bits per heavy atom. The molecule has 118 valence electrons. The molecule has 0 bridgehead atoms. The Kier molecular flexibility index (Phi) is 6.60. The summed E-state index contributed by atoms with van der Waals surface area (Å²) in [7, 11) is -0.718. The van der Waals surface area contributed by atoms with E-state index in [-0.39, 0.29) is 19.5 Å². The predicted molar refractivity (Wildman–Crippen MR) is 78.5 cm³/mol. The average molecular weight is 316 g/mol. The molecule has 0 amide bonds. The van der Waals surface area contributed by atoms with E-state index in [9.17, 15) is 13.2 Å². The summed E-state index contributed by atoms with van der Waals surface area (Å²) in [6.45, 7) is 0.180. The van der Waals surface area contributed by atoms with Crippen molar-refractivity contribution in [2.75, 3.05) is 27.2 Å². The first-order valence-corrected chi connectivity index (χ1v) is 7.85. The van der Waals surface area contributed by atoms with Gasteiger partial charge < -0.3 is 9.84 Å². The Hall–Kier alpha value is -1.64. The standard InChI is InChI=1S/C13H20N2O5S/c1-15(10-8-13(16)17)21(18,19)14-9-7-11-3-5-12(20-2)6-4-11/h3-6,14H,7-10H2,1-2H3,(H,16,17). The molecule has 0 atom stereocenters. The minimum Gasteiger partial charge on any atom is -0.497 e. The van der Waals surface area contributed by atoms with Crippen LogP contribution in [-0.2, 0) is 21.4 Å². The van der Waals surface area contributed by atoms with E-state index in [4.69, 9.17) is 9.84 Å². The van der Waals surface area contributed by atoms with Crippen molar-refractivity contribution in [3.8, 4) is 5.75 Å². The number of carboxylic acids is 1. The lowest BCUT2D eigenvalue weighted by atomic mass is 10.1. The smallest absolute Gasteiger partial charge is 0.304 e. The molecule has 2 N–H and O–H groups in total. The van der Waals surface area contributed by atoms with E-state index in [1.807, 2.05) is 24.3 Å². The minimum absolute atomic E-state index is 0.0623. The molecular weight excluding hydrogens is 296 g/mol. The fourth-order valence-electron chi connectivity index (χ4n) is 1.60. The molecule has 0 radical (unpaired) electrons. The number of hydrogen-bond acceptors (Lipinski definition) is 4. The normalized spacial score (nSPS) is 11.6. The first-order chi connectivity index (χ1) is 9.85. The summed E-state index contributed by atoms with van der Waals surface area (Å²) in [5.41, 5.74) is 0.978. The maximum Gasteiger partial charge on any atom is 0.304 e. The van der Waals surface area contributed by atoms with Crippen molar-refractivity contribution >= 4 is 16.2 Å². The van der Waals surface area contributed by atoms with Gasteiger partial charge in [-0.05, 0) is 24.1 Å². The molecule has 1 aromatic carbocycles. The second kappa shape index (κ2) is 7.96. The van der Waals surface area contributed by atoms with Gasteiger partial charge in [-0.25, -0.2) is 4.72 Å². The third kappa shape index (κ3) is 6.11. The van der Waals surface area contributed by atoms with Crippen LogP contribution < -0.4 is 9.46 Å². The fraction of sp³-hybridized carbons (Fsp3) is 0.462. The highest BCUT2D eigenvalue weighted by molar-refractivity contribution is 7.87.